The first-order chi connectivity index (χ1) is 12.4. The number of nitrogens with one attached hydrogen (secondary N) is 1. The van der Waals surface area contributed by atoms with Crippen molar-refractivity contribution >= 4 is 11.2 Å². The van der Waals surface area contributed by atoms with Gasteiger partial charge in [0.1, 0.15) is 12.0 Å². The van der Waals surface area contributed by atoms with Crippen molar-refractivity contribution in [3.63, 3.8) is 0 Å². The molecule has 5 nitrogen and oxygen atoms in total. The highest BCUT2D eigenvalue weighted by atomic mass is 19.1. The Hall–Kier alpha value is -2.54. The molecule has 26 heavy (non-hydrogen) atoms. The second-order valence-corrected chi connectivity index (χ2v) is 6.88. The summed E-state index contributed by atoms with van der Waals surface area (Å²) in [5.74, 6) is -0.237. The number of hydrogen-bond acceptors (Lipinski definition) is 3. The number of pyridine rings is 1. The minimum Gasteiger partial charge on any atom is -0.296 e. The number of aromatic amines is 1. The number of nitrogens with zero attached hydrogens (tertiary/aromatic N) is 3. The molecule has 0 aliphatic carbocycles. The molecule has 1 aliphatic heterocycles. The summed E-state index contributed by atoms with van der Waals surface area (Å²) in [6, 6.07) is 5.08. The van der Waals surface area contributed by atoms with Crippen LogP contribution in [0.3, 0.4) is 0 Å². The van der Waals surface area contributed by atoms with Crippen LogP contribution in [0.1, 0.15) is 11.1 Å². The number of likely N-dealkylation sites (tertiary alicyclic amines) is 1. The van der Waals surface area contributed by atoms with Crippen molar-refractivity contribution in [2.45, 2.75) is 26.6 Å². The van der Waals surface area contributed by atoms with E-state index in [2.05, 4.69) is 9.97 Å². The Morgan fingerprint density at radius 3 is 2.73 bits per heavy atom. The Bertz CT molecular complexity index is 1030. The zero-order valence-electron chi connectivity index (χ0n) is 14.7. The van der Waals surface area contributed by atoms with Crippen LogP contribution in [0.4, 0.5) is 8.78 Å². The van der Waals surface area contributed by atoms with Gasteiger partial charge in [0, 0.05) is 37.9 Å². The Labute approximate surface area is 149 Å². The van der Waals surface area contributed by atoms with Crippen LogP contribution < -0.4 is 5.69 Å². The van der Waals surface area contributed by atoms with Crippen LogP contribution >= 0.6 is 0 Å². The lowest BCUT2D eigenvalue weighted by molar-refractivity contribution is 0.0629. The summed E-state index contributed by atoms with van der Waals surface area (Å²) < 4.78 is 28.3. The molecule has 0 radical (unpaired) electrons. The van der Waals surface area contributed by atoms with Gasteiger partial charge < -0.3 is 0 Å². The maximum atomic E-state index is 13.7. The van der Waals surface area contributed by atoms with Crippen LogP contribution in [0, 0.1) is 19.7 Å². The fourth-order valence-corrected chi connectivity index (χ4v) is 3.43. The lowest BCUT2D eigenvalue weighted by Crippen LogP contribution is -2.49. The van der Waals surface area contributed by atoms with Gasteiger partial charge >= 0.3 is 5.69 Å². The molecule has 1 saturated heterocycles. The van der Waals surface area contributed by atoms with Gasteiger partial charge in [-0.25, -0.2) is 18.6 Å². The van der Waals surface area contributed by atoms with E-state index in [1.807, 2.05) is 17.9 Å². The Balaban J connectivity index is 1.71. The molecule has 7 heteroatoms. The van der Waals surface area contributed by atoms with E-state index in [1.165, 1.54) is 6.07 Å². The molecule has 0 atom stereocenters. The normalized spacial score (nSPS) is 15.5. The van der Waals surface area contributed by atoms with E-state index in [9.17, 15) is 13.6 Å². The van der Waals surface area contributed by atoms with Crippen molar-refractivity contribution in [2.24, 2.45) is 0 Å². The summed E-state index contributed by atoms with van der Waals surface area (Å²) in [6.07, 6.45) is 0.929. The first-order valence-electron chi connectivity index (χ1n) is 8.65. The van der Waals surface area contributed by atoms with Gasteiger partial charge in [-0.1, -0.05) is 6.07 Å². The first-order valence-corrected chi connectivity index (χ1v) is 8.65. The largest absolute Gasteiger partial charge is 0.327 e. The minimum atomic E-state index is -0.757. The molecule has 2 aromatic heterocycles. The van der Waals surface area contributed by atoms with Crippen molar-refractivity contribution < 1.29 is 8.78 Å². The van der Waals surface area contributed by atoms with Gasteiger partial charge in [-0.2, -0.15) is 0 Å². The van der Waals surface area contributed by atoms with Gasteiger partial charge in [-0.3, -0.25) is 14.5 Å². The molecule has 0 unspecified atom stereocenters. The average Bonchev–Trinajstić information content (AvgIpc) is 2.90. The predicted molar refractivity (Wildman–Crippen MR) is 96.6 cm³/mol. The van der Waals surface area contributed by atoms with Gasteiger partial charge in [0.15, 0.2) is 5.65 Å². The van der Waals surface area contributed by atoms with E-state index in [1.54, 1.807) is 23.8 Å². The first kappa shape index (κ1) is 16.9. The van der Waals surface area contributed by atoms with E-state index in [0.29, 0.717) is 42.9 Å². The molecule has 4 rings (SSSR count). The lowest BCUT2D eigenvalue weighted by atomic mass is 9.98. The van der Waals surface area contributed by atoms with Gasteiger partial charge in [0.2, 0.25) is 0 Å². The maximum absolute atomic E-state index is 13.7. The summed E-state index contributed by atoms with van der Waals surface area (Å²) in [7, 11) is 0. The summed E-state index contributed by atoms with van der Waals surface area (Å²) >= 11 is 0. The molecular weight excluding hydrogens is 338 g/mol. The van der Waals surface area contributed by atoms with Gasteiger partial charge in [0.05, 0.1) is 5.52 Å². The molecule has 1 fully saturated rings. The number of aromatic nitrogens is 3. The van der Waals surface area contributed by atoms with Crippen molar-refractivity contribution in [3.8, 4) is 11.1 Å². The van der Waals surface area contributed by atoms with E-state index < -0.39 is 6.17 Å². The molecule has 1 N–H and O–H groups in total. The third-order valence-corrected chi connectivity index (χ3v) is 5.21. The molecule has 0 amide bonds. The number of benzene rings is 1. The highest BCUT2D eigenvalue weighted by Gasteiger charge is 2.25. The number of fused-ring (bicyclic) bond motifs is 1. The second kappa shape index (κ2) is 6.32. The van der Waals surface area contributed by atoms with Crippen LogP contribution in [0.25, 0.3) is 22.3 Å². The fourth-order valence-electron chi connectivity index (χ4n) is 3.43. The summed E-state index contributed by atoms with van der Waals surface area (Å²) in [5.41, 5.74) is 4.17. The third kappa shape index (κ3) is 2.82. The number of imidazole rings is 1. The second-order valence-electron chi connectivity index (χ2n) is 6.88. The van der Waals surface area contributed by atoms with Crippen LogP contribution in [0.2, 0.25) is 0 Å². The number of halogens is 2. The zero-order valence-corrected chi connectivity index (χ0v) is 14.7. The SMILES string of the molecule is Cc1c(F)ccc(-c2cnc3[nH]c(=O)n(CCN4CC(F)C4)c3c2)c1C. The van der Waals surface area contributed by atoms with E-state index >= 15 is 0 Å². The third-order valence-electron chi connectivity index (χ3n) is 5.21. The standard InChI is InChI=1S/C19H20F2N4O/c1-11-12(2)16(21)4-3-15(11)13-7-17-18(22-8-13)23-19(26)25(17)6-5-24-9-14(20)10-24/h3-4,7-8,14H,5-6,9-10H2,1-2H3,(H,22,23,26). The number of H-pyrrole nitrogens is 1. The molecular formula is C19H20F2N4O. The molecule has 0 bridgehead atoms. The molecule has 0 saturated carbocycles. The smallest absolute Gasteiger partial charge is 0.296 e. The van der Waals surface area contributed by atoms with Gasteiger partial charge in [-0.05, 0) is 42.7 Å². The van der Waals surface area contributed by atoms with Crippen LogP contribution in [-0.2, 0) is 6.54 Å². The van der Waals surface area contributed by atoms with Gasteiger partial charge in [-0.15, -0.1) is 0 Å². The Morgan fingerprint density at radius 2 is 2.00 bits per heavy atom. The van der Waals surface area contributed by atoms with Gasteiger partial charge in [0.25, 0.3) is 0 Å². The van der Waals surface area contributed by atoms with Crippen molar-refractivity contribution in [1.29, 1.82) is 0 Å². The topological polar surface area (TPSA) is 53.9 Å². The summed E-state index contributed by atoms with van der Waals surface area (Å²) in [4.78, 5) is 21.3. The van der Waals surface area contributed by atoms with Crippen LogP contribution in [0.15, 0.2) is 29.2 Å². The zero-order chi connectivity index (χ0) is 18.4. The maximum Gasteiger partial charge on any atom is 0.327 e. The molecule has 1 aliphatic rings. The van der Waals surface area contributed by atoms with E-state index in [4.69, 9.17) is 0 Å². The molecule has 136 valence electrons. The summed E-state index contributed by atoms with van der Waals surface area (Å²) in [5, 5.41) is 0. The Morgan fingerprint density at radius 1 is 1.23 bits per heavy atom. The highest BCUT2D eigenvalue weighted by Crippen LogP contribution is 2.28. The van der Waals surface area contributed by atoms with Crippen molar-refractivity contribution in [1.82, 2.24) is 19.4 Å². The number of rotatable bonds is 4. The van der Waals surface area contributed by atoms with Crippen molar-refractivity contribution in [3.05, 3.63) is 51.8 Å². The number of hydrogen-bond donors (Lipinski definition) is 1. The molecule has 3 heterocycles. The molecule has 3 aromatic rings. The monoisotopic (exact) mass is 358 g/mol. The number of alkyl halides is 1. The van der Waals surface area contributed by atoms with E-state index in [-0.39, 0.29) is 11.5 Å². The average molecular weight is 358 g/mol. The Kier molecular flexibility index (Phi) is 4.11. The predicted octanol–water partition coefficient (Wildman–Crippen LogP) is 2.80. The van der Waals surface area contributed by atoms with Crippen LogP contribution in [-0.4, -0.2) is 45.2 Å². The van der Waals surface area contributed by atoms with Crippen LogP contribution in [0.5, 0.6) is 0 Å². The highest BCUT2D eigenvalue weighted by molar-refractivity contribution is 5.79. The molecule has 1 aromatic carbocycles. The lowest BCUT2D eigenvalue weighted by Gasteiger charge is -2.34. The van der Waals surface area contributed by atoms with E-state index in [0.717, 1.165) is 16.7 Å². The quantitative estimate of drug-likeness (QED) is 0.780. The molecule has 0 spiro atoms. The van der Waals surface area contributed by atoms with Crippen molar-refractivity contribution in [2.75, 3.05) is 19.6 Å². The fraction of sp³-hybridized carbons (Fsp3) is 0.368. The summed E-state index contributed by atoms with van der Waals surface area (Å²) in [6.45, 7) is 5.56. The minimum absolute atomic E-state index is 0.228.